The van der Waals surface area contributed by atoms with Gasteiger partial charge in [-0.1, -0.05) is 0 Å². The number of hydrogen-bond acceptors (Lipinski definition) is 7. The summed E-state index contributed by atoms with van der Waals surface area (Å²) >= 11 is 0. The largest absolute Gasteiger partial charge is 0.454 e. The van der Waals surface area contributed by atoms with E-state index in [4.69, 9.17) is 9.47 Å². The molecule has 2 aromatic rings. The minimum absolute atomic E-state index is 0.255. The van der Waals surface area contributed by atoms with Gasteiger partial charge < -0.3 is 20.1 Å². The van der Waals surface area contributed by atoms with Crippen LogP contribution in [0.25, 0.3) is 0 Å². The third-order valence-electron chi connectivity index (χ3n) is 2.62. The number of benzene rings is 1. The summed E-state index contributed by atoms with van der Waals surface area (Å²) in [5.41, 5.74) is 0.817. The van der Waals surface area contributed by atoms with Gasteiger partial charge in [0.15, 0.2) is 17.3 Å². The number of rotatable bonds is 4. The summed E-state index contributed by atoms with van der Waals surface area (Å²) in [5, 5.41) is 14.1. The fourth-order valence-electron chi connectivity index (χ4n) is 1.83. The highest BCUT2D eigenvalue weighted by Crippen LogP contribution is 2.34. The van der Waals surface area contributed by atoms with Gasteiger partial charge in [0.25, 0.3) is 0 Å². The van der Waals surface area contributed by atoms with Crippen molar-refractivity contribution in [3.8, 4) is 11.5 Å². The predicted molar refractivity (Wildman–Crippen MR) is 74.4 cm³/mol. The van der Waals surface area contributed by atoms with Crippen molar-refractivity contribution in [1.29, 1.82) is 0 Å². The normalized spacial score (nSPS) is 12.6. The molecule has 0 unspecified atom stereocenters. The summed E-state index contributed by atoms with van der Waals surface area (Å²) in [6, 6.07) is 5.84. The van der Waals surface area contributed by atoms with Gasteiger partial charge in [0.1, 0.15) is 0 Å². The van der Waals surface area contributed by atoms with Crippen LogP contribution in [-0.4, -0.2) is 28.0 Å². The van der Waals surface area contributed by atoms with Crippen molar-refractivity contribution in [2.45, 2.75) is 19.9 Å². The fraction of sp³-hybridized carbons (Fsp3) is 0.308. The van der Waals surface area contributed by atoms with Crippen LogP contribution in [0, 0.1) is 0 Å². The minimum Gasteiger partial charge on any atom is -0.454 e. The molecule has 3 rings (SSSR count). The Balaban J connectivity index is 1.77. The molecular formula is C13H15N5O2. The quantitative estimate of drug-likeness (QED) is 0.883. The maximum absolute atomic E-state index is 5.32. The molecule has 1 aliphatic heterocycles. The first-order chi connectivity index (χ1) is 9.70. The molecule has 7 heteroatoms. The number of anilines is 3. The number of hydrogen-bond donors (Lipinski definition) is 2. The van der Waals surface area contributed by atoms with E-state index in [1.54, 1.807) is 6.20 Å². The fourth-order valence-corrected chi connectivity index (χ4v) is 1.83. The molecule has 2 heterocycles. The molecule has 1 aromatic carbocycles. The zero-order chi connectivity index (χ0) is 13.9. The predicted octanol–water partition coefficient (Wildman–Crippen LogP) is 2.16. The van der Waals surface area contributed by atoms with E-state index < -0.39 is 0 Å². The van der Waals surface area contributed by atoms with E-state index in [0.29, 0.717) is 17.5 Å². The molecule has 0 aliphatic carbocycles. The Kier molecular flexibility index (Phi) is 3.24. The highest BCUT2D eigenvalue weighted by Gasteiger charge is 2.13. The van der Waals surface area contributed by atoms with Crippen molar-refractivity contribution in [2.24, 2.45) is 0 Å². The molecule has 0 spiro atoms. The topological polar surface area (TPSA) is 81.2 Å². The lowest BCUT2D eigenvalue weighted by atomic mass is 10.3. The molecule has 0 saturated carbocycles. The van der Waals surface area contributed by atoms with Crippen LogP contribution in [0.15, 0.2) is 24.4 Å². The van der Waals surface area contributed by atoms with Gasteiger partial charge >= 0.3 is 0 Å². The van der Waals surface area contributed by atoms with Crippen LogP contribution < -0.4 is 20.1 Å². The van der Waals surface area contributed by atoms with Crippen molar-refractivity contribution >= 4 is 17.5 Å². The van der Waals surface area contributed by atoms with Gasteiger partial charge in [0.2, 0.25) is 12.7 Å². The zero-order valence-electron chi connectivity index (χ0n) is 11.3. The summed E-state index contributed by atoms with van der Waals surface area (Å²) in [6.07, 6.45) is 1.59. The van der Waals surface area contributed by atoms with E-state index in [1.807, 2.05) is 32.0 Å². The van der Waals surface area contributed by atoms with Crippen LogP contribution in [0.3, 0.4) is 0 Å². The zero-order valence-corrected chi connectivity index (χ0v) is 11.3. The summed E-state index contributed by atoms with van der Waals surface area (Å²) in [6.45, 7) is 4.32. The summed E-state index contributed by atoms with van der Waals surface area (Å²) < 4.78 is 10.6. The third-order valence-corrected chi connectivity index (χ3v) is 2.62. The molecule has 0 bridgehead atoms. The second-order valence-electron chi connectivity index (χ2n) is 4.66. The van der Waals surface area contributed by atoms with Crippen LogP contribution in [0.1, 0.15) is 13.8 Å². The highest BCUT2D eigenvalue weighted by molar-refractivity contribution is 5.60. The number of nitrogens with one attached hydrogen (secondary N) is 2. The van der Waals surface area contributed by atoms with E-state index >= 15 is 0 Å². The minimum atomic E-state index is 0.255. The van der Waals surface area contributed by atoms with E-state index in [9.17, 15) is 0 Å². The molecule has 0 fully saturated rings. The number of fused-ring (bicyclic) bond motifs is 1. The van der Waals surface area contributed by atoms with Crippen LogP contribution in [0.5, 0.6) is 11.5 Å². The molecule has 2 N–H and O–H groups in total. The second-order valence-corrected chi connectivity index (χ2v) is 4.66. The van der Waals surface area contributed by atoms with Gasteiger partial charge in [0.05, 0.1) is 6.20 Å². The average Bonchev–Trinajstić information content (AvgIpc) is 2.85. The van der Waals surface area contributed by atoms with E-state index in [2.05, 4.69) is 25.8 Å². The molecule has 20 heavy (non-hydrogen) atoms. The molecule has 0 radical (unpaired) electrons. The number of nitrogens with zero attached hydrogens (tertiary/aromatic N) is 3. The van der Waals surface area contributed by atoms with Crippen molar-refractivity contribution < 1.29 is 9.47 Å². The standard InChI is InChI=1S/C13H15N5O2/c1-8(2)15-12-6-14-18-13(17-12)16-9-3-4-10-11(5-9)20-7-19-10/h3-6,8H,7H2,1-2H3,(H2,15,16,17,18). The Hall–Kier alpha value is -2.57. The van der Waals surface area contributed by atoms with Gasteiger partial charge in [-0.2, -0.15) is 10.1 Å². The second kappa shape index (κ2) is 5.20. The Labute approximate surface area is 116 Å². The van der Waals surface area contributed by atoms with Crippen molar-refractivity contribution in [3.05, 3.63) is 24.4 Å². The monoisotopic (exact) mass is 273 g/mol. The Bertz CT molecular complexity index is 617. The Morgan fingerprint density at radius 2 is 2.05 bits per heavy atom. The van der Waals surface area contributed by atoms with E-state index in [-0.39, 0.29) is 12.8 Å². The van der Waals surface area contributed by atoms with Crippen LogP contribution in [0.4, 0.5) is 17.5 Å². The molecular weight excluding hydrogens is 258 g/mol. The smallest absolute Gasteiger partial charge is 0.249 e. The summed E-state index contributed by atoms with van der Waals surface area (Å²) in [5.74, 6) is 2.55. The first kappa shape index (κ1) is 12.5. The number of aromatic nitrogens is 3. The van der Waals surface area contributed by atoms with Gasteiger partial charge in [0, 0.05) is 17.8 Å². The van der Waals surface area contributed by atoms with Crippen LogP contribution >= 0.6 is 0 Å². The lowest BCUT2D eigenvalue weighted by Gasteiger charge is -2.10. The SMILES string of the molecule is CC(C)Nc1cnnc(Nc2ccc3c(c2)OCO3)n1. The van der Waals surface area contributed by atoms with Gasteiger partial charge in [-0.25, -0.2) is 0 Å². The molecule has 1 aliphatic rings. The molecule has 104 valence electrons. The Morgan fingerprint density at radius 3 is 2.90 bits per heavy atom. The van der Waals surface area contributed by atoms with Crippen molar-refractivity contribution in [1.82, 2.24) is 15.2 Å². The maximum atomic E-state index is 5.32. The molecule has 7 nitrogen and oxygen atoms in total. The first-order valence-corrected chi connectivity index (χ1v) is 6.33. The maximum Gasteiger partial charge on any atom is 0.249 e. The Morgan fingerprint density at radius 1 is 1.20 bits per heavy atom. The van der Waals surface area contributed by atoms with Crippen molar-refractivity contribution in [2.75, 3.05) is 17.4 Å². The third kappa shape index (κ3) is 2.71. The lowest BCUT2D eigenvalue weighted by Crippen LogP contribution is -2.12. The van der Waals surface area contributed by atoms with E-state index in [1.165, 1.54) is 0 Å². The van der Waals surface area contributed by atoms with Gasteiger partial charge in [-0.3, -0.25) is 0 Å². The summed E-state index contributed by atoms with van der Waals surface area (Å²) in [4.78, 5) is 4.33. The highest BCUT2D eigenvalue weighted by atomic mass is 16.7. The molecule has 0 saturated heterocycles. The molecule has 1 aromatic heterocycles. The lowest BCUT2D eigenvalue weighted by molar-refractivity contribution is 0.174. The molecule has 0 atom stereocenters. The number of ether oxygens (including phenoxy) is 2. The van der Waals surface area contributed by atoms with Crippen LogP contribution in [0.2, 0.25) is 0 Å². The molecule has 0 amide bonds. The average molecular weight is 273 g/mol. The van der Waals surface area contributed by atoms with Crippen LogP contribution in [-0.2, 0) is 0 Å². The summed E-state index contributed by atoms with van der Waals surface area (Å²) in [7, 11) is 0. The van der Waals surface area contributed by atoms with Crippen molar-refractivity contribution in [3.63, 3.8) is 0 Å². The van der Waals surface area contributed by atoms with Gasteiger partial charge in [-0.05, 0) is 26.0 Å². The van der Waals surface area contributed by atoms with Gasteiger partial charge in [-0.15, -0.1) is 5.10 Å². The van der Waals surface area contributed by atoms with E-state index in [0.717, 1.165) is 11.4 Å². The first-order valence-electron chi connectivity index (χ1n) is 6.33.